The monoisotopic (exact) mass is 266 g/mol. The molecule has 0 spiro atoms. The first-order valence-electron chi connectivity index (χ1n) is 6.71. The van der Waals surface area contributed by atoms with Gasteiger partial charge in [0, 0.05) is 33.8 Å². The summed E-state index contributed by atoms with van der Waals surface area (Å²) in [7, 11) is 3.82. The lowest BCUT2D eigenvalue weighted by atomic mass is 10.2. The van der Waals surface area contributed by atoms with Crippen LogP contribution in [0.2, 0.25) is 0 Å². The Morgan fingerprint density at radius 3 is 2.53 bits per heavy atom. The van der Waals surface area contributed by atoms with Crippen LogP contribution in [-0.4, -0.2) is 54.8 Å². The smallest absolute Gasteiger partial charge is 0.231 e. The molecule has 2 heterocycles. The van der Waals surface area contributed by atoms with Crippen molar-refractivity contribution in [3.63, 3.8) is 0 Å². The number of nitrogens with one attached hydrogen (secondary N) is 2. The Labute approximate surface area is 113 Å². The first-order valence-corrected chi connectivity index (χ1v) is 6.71. The molecule has 0 aromatic carbocycles. The van der Waals surface area contributed by atoms with E-state index in [-0.39, 0.29) is 6.10 Å². The second-order valence-electron chi connectivity index (χ2n) is 4.72. The van der Waals surface area contributed by atoms with Crippen LogP contribution in [0.1, 0.15) is 19.8 Å². The molecule has 106 valence electrons. The molecule has 1 aliphatic rings. The standard InChI is InChI=1S/C12H22N6O/c1-4-13-10-15-11(17-12(16-10)18(2)3)14-8-9-6-5-7-19-9/h9H,4-8H2,1-3H3,(H2,13,14,15,16,17). The van der Waals surface area contributed by atoms with Crippen molar-refractivity contribution in [2.75, 3.05) is 49.3 Å². The van der Waals surface area contributed by atoms with E-state index in [9.17, 15) is 0 Å². The summed E-state index contributed by atoms with van der Waals surface area (Å²) >= 11 is 0. The van der Waals surface area contributed by atoms with Crippen molar-refractivity contribution in [1.82, 2.24) is 15.0 Å². The van der Waals surface area contributed by atoms with E-state index in [0.29, 0.717) is 17.8 Å². The fourth-order valence-corrected chi connectivity index (χ4v) is 1.89. The van der Waals surface area contributed by atoms with Crippen LogP contribution >= 0.6 is 0 Å². The highest BCUT2D eigenvalue weighted by Gasteiger charge is 2.16. The minimum atomic E-state index is 0.266. The summed E-state index contributed by atoms with van der Waals surface area (Å²) in [6.45, 7) is 4.39. The summed E-state index contributed by atoms with van der Waals surface area (Å²) in [5.41, 5.74) is 0. The van der Waals surface area contributed by atoms with Crippen LogP contribution in [0.3, 0.4) is 0 Å². The zero-order valence-corrected chi connectivity index (χ0v) is 11.8. The van der Waals surface area contributed by atoms with E-state index < -0.39 is 0 Å². The van der Waals surface area contributed by atoms with Crippen LogP contribution < -0.4 is 15.5 Å². The molecular weight excluding hydrogens is 244 g/mol. The molecule has 0 amide bonds. The molecule has 1 saturated heterocycles. The molecule has 1 fully saturated rings. The van der Waals surface area contributed by atoms with E-state index in [0.717, 1.165) is 32.5 Å². The first-order chi connectivity index (χ1) is 9.19. The van der Waals surface area contributed by atoms with Crippen molar-refractivity contribution in [3.05, 3.63) is 0 Å². The molecule has 0 radical (unpaired) electrons. The van der Waals surface area contributed by atoms with E-state index in [2.05, 4.69) is 25.6 Å². The van der Waals surface area contributed by atoms with Crippen LogP contribution in [0.4, 0.5) is 17.8 Å². The van der Waals surface area contributed by atoms with E-state index >= 15 is 0 Å². The number of ether oxygens (including phenoxy) is 1. The van der Waals surface area contributed by atoms with Gasteiger partial charge in [-0.25, -0.2) is 0 Å². The lowest BCUT2D eigenvalue weighted by Crippen LogP contribution is -2.22. The highest BCUT2D eigenvalue weighted by molar-refractivity contribution is 5.42. The molecule has 19 heavy (non-hydrogen) atoms. The van der Waals surface area contributed by atoms with Gasteiger partial charge in [0.15, 0.2) is 0 Å². The number of anilines is 3. The molecule has 1 aromatic heterocycles. The molecule has 7 heteroatoms. The van der Waals surface area contributed by atoms with Gasteiger partial charge in [-0.05, 0) is 19.8 Å². The van der Waals surface area contributed by atoms with Crippen molar-refractivity contribution in [2.45, 2.75) is 25.9 Å². The van der Waals surface area contributed by atoms with Gasteiger partial charge in [0.2, 0.25) is 17.8 Å². The van der Waals surface area contributed by atoms with Crippen LogP contribution in [0.5, 0.6) is 0 Å². The summed E-state index contributed by atoms with van der Waals surface area (Å²) in [6.07, 6.45) is 2.50. The van der Waals surface area contributed by atoms with Crippen molar-refractivity contribution in [1.29, 1.82) is 0 Å². The molecular formula is C12H22N6O. The summed E-state index contributed by atoms with van der Waals surface area (Å²) in [4.78, 5) is 14.9. The maximum atomic E-state index is 5.57. The average molecular weight is 266 g/mol. The third kappa shape index (κ3) is 3.92. The number of nitrogens with zero attached hydrogens (tertiary/aromatic N) is 4. The molecule has 0 aliphatic carbocycles. The van der Waals surface area contributed by atoms with Crippen LogP contribution in [0.25, 0.3) is 0 Å². The zero-order chi connectivity index (χ0) is 13.7. The SMILES string of the molecule is CCNc1nc(NCC2CCCO2)nc(N(C)C)n1. The second kappa shape index (κ2) is 6.51. The highest BCUT2D eigenvalue weighted by atomic mass is 16.5. The average Bonchev–Trinajstić information content (AvgIpc) is 2.89. The van der Waals surface area contributed by atoms with Gasteiger partial charge in [-0.1, -0.05) is 0 Å². The topological polar surface area (TPSA) is 75.2 Å². The van der Waals surface area contributed by atoms with Gasteiger partial charge in [0.25, 0.3) is 0 Å². The van der Waals surface area contributed by atoms with Gasteiger partial charge < -0.3 is 20.3 Å². The van der Waals surface area contributed by atoms with Gasteiger partial charge >= 0.3 is 0 Å². The van der Waals surface area contributed by atoms with Gasteiger partial charge in [0.1, 0.15) is 0 Å². The Balaban J connectivity index is 2.04. The zero-order valence-electron chi connectivity index (χ0n) is 11.8. The summed E-state index contributed by atoms with van der Waals surface area (Å²) in [5, 5.41) is 6.34. The van der Waals surface area contributed by atoms with E-state index in [4.69, 9.17) is 4.74 Å². The van der Waals surface area contributed by atoms with Crippen molar-refractivity contribution >= 4 is 17.8 Å². The van der Waals surface area contributed by atoms with E-state index in [1.807, 2.05) is 25.9 Å². The number of aromatic nitrogens is 3. The Bertz CT molecular complexity index is 405. The Morgan fingerprint density at radius 1 is 1.21 bits per heavy atom. The van der Waals surface area contributed by atoms with Crippen LogP contribution in [0, 0.1) is 0 Å². The summed E-state index contributed by atoms with van der Waals surface area (Å²) < 4.78 is 5.57. The van der Waals surface area contributed by atoms with Gasteiger partial charge in [-0.3, -0.25) is 0 Å². The minimum Gasteiger partial charge on any atom is -0.376 e. The Hall–Kier alpha value is -1.63. The molecule has 7 nitrogen and oxygen atoms in total. The molecule has 2 rings (SSSR count). The molecule has 1 aliphatic heterocycles. The molecule has 2 N–H and O–H groups in total. The number of rotatable bonds is 6. The van der Waals surface area contributed by atoms with Crippen molar-refractivity contribution in [3.8, 4) is 0 Å². The molecule has 0 bridgehead atoms. The largest absolute Gasteiger partial charge is 0.376 e. The first kappa shape index (κ1) is 13.8. The fourth-order valence-electron chi connectivity index (χ4n) is 1.89. The Kier molecular flexibility index (Phi) is 4.73. The van der Waals surface area contributed by atoms with E-state index in [1.165, 1.54) is 0 Å². The van der Waals surface area contributed by atoms with Gasteiger partial charge in [0.05, 0.1) is 6.10 Å². The highest BCUT2D eigenvalue weighted by Crippen LogP contribution is 2.14. The fraction of sp³-hybridized carbons (Fsp3) is 0.750. The maximum Gasteiger partial charge on any atom is 0.231 e. The van der Waals surface area contributed by atoms with Crippen LogP contribution in [0.15, 0.2) is 0 Å². The number of hydrogen-bond acceptors (Lipinski definition) is 7. The molecule has 1 aromatic rings. The third-order valence-electron chi connectivity index (χ3n) is 2.87. The minimum absolute atomic E-state index is 0.266. The predicted octanol–water partition coefficient (Wildman–Crippen LogP) is 0.960. The second-order valence-corrected chi connectivity index (χ2v) is 4.72. The molecule has 1 atom stereocenters. The number of hydrogen-bond donors (Lipinski definition) is 2. The molecule has 1 unspecified atom stereocenters. The van der Waals surface area contributed by atoms with Crippen LogP contribution in [-0.2, 0) is 4.74 Å². The summed E-state index contributed by atoms with van der Waals surface area (Å²) in [5.74, 6) is 1.82. The lowest BCUT2D eigenvalue weighted by molar-refractivity contribution is 0.120. The quantitative estimate of drug-likeness (QED) is 0.794. The van der Waals surface area contributed by atoms with Gasteiger partial charge in [-0.15, -0.1) is 0 Å². The lowest BCUT2D eigenvalue weighted by Gasteiger charge is -2.15. The predicted molar refractivity (Wildman–Crippen MR) is 75.8 cm³/mol. The normalized spacial score (nSPS) is 18.4. The molecule has 0 saturated carbocycles. The van der Waals surface area contributed by atoms with Gasteiger partial charge in [-0.2, -0.15) is 15.0 Å². The van der Waals surface area contributed by atoms with Crippen molar-refractivity contribution < 1.29 is 4.74 Å². The maximum absolute atomic E-state index is 5.57. The third-order valence-corrected chi connectivity index (χ3v) is 2.87. The van der Waals surface area contributed by atoms with Crippen molar-refractivity contribution in [2.24, 2.45) is 0 Å². The Morgan fingerprint density at radius 2 is 1.95 bits per heavy atom. The summed E-state index contributed by atoms with van der Waals surface area (Å²) in [6, 6.07) is 0. The van der Waals surface area contributed by atoms with E-state index in [1.54, 1.807) is 0 Å².